The average molecular weight is 308 g/mol. The summed E-state index contributed by atoms with van der Waals surface area (Å²) >= 11 is 0. The number of anilines is 1. The van der Waals surface area contributed by atoms with Crippen LogP contribution in [0, 0.1) is 6.92 Å². The molecule has 1 aliphatic heterocycles. The fraction of sp³-hybridized carbons (Fsp3) is 0.308. The Labute approximate surface area is 122 Å². The molecule has 1 atom stereocenters. The maximum Gasteiger partial charge on any atom is 0.246 e. The van der Waals surface area contributed by atoms with E-state index < -0.39 is 16.1 Å². The number of nitrogens with zero attached hydrogens (tertiary/aromatic N) is 2. The molecule has 0 bridgehead atoms. The third-order valence-electron chi connectivity index (χ3n) is 3.57. The highest BCUT2D eigenvalue weighted by atomic mass is 32.2. The van der Waals surface area contributed by atoms with Crippen LogP contribution in [0.1, 0.15) is 17.3 Å². The highest BCUT2D eigenvalue weighted by Crippen LogP contribution is 2.33. The van der Waals surface area contributed by atoms with Gasteiger partial charge in [0.25, 0.3) is 0 Å². The maximum atomic E-state index is 12.6. The first-order valence-corrected chi connectivity index (χ1v) is 7.91. The second kappa shape index (κ2) is 4.74. The number of ether oxygens (including phenoxy) is 1. The van der Waals surface area contributed by atoms with Gasteiger partial charge in [-0.15, -0.1) is 0 Å². The van der Waals surface area contributed by atoms with E-state index in [0.717, 1.165) is 5.56 Å². The van der Waals surface area contributed by atoms with Crippen molar-refractivity contribution >= 4 is 15.8 Å². The van der Waals surface area contributed by atoms with Crippen molar-refractivity contribution in [2.45, 2.75) is 17.9 Å². The number of sulfonamides is 1. The standard InChI is InChI=1S/C13H16N4O3S/c1-8-12(13(14)15-17(8)2)21(18,19)16-10-7-20-11-6-4-3-5-9(10)11/h3-6,10,16H,7H2,1-2H3,(H2,14,15). The van der Waals surface area contributed by atoms with Crippen LogP contribution in [0.3, 0.4) is 0 Å². The summed E-state index contributed by atoms with van der Waals surface area (Å²) in [5.41, 5.74) is 7.03. The molecule has 3 rings (SSSR count). The largest absolute Gasteiger partial charge is 0.491 e. The highest BCUT2D eigenvalue weighted by molar-refractivity contribution is 7.89. The minimum atomic E-state index is -3.77. The quantitative estimate of drug-likeness (QED) is 0.870. The summed E-state index contributed by atoms with van der Waals surface area (Å²) in [4.78, 5) is 0.0226. The molecular formula is C13H16N4O3S. The molecule has 3 N–H and O–H groups in total. The lowest BCUT2D eigenvalue weighted by Crippen LogP contribution is -2.30. The van der Waals surface area contributed by atoms with Gasteiger partial charge < -0.3 is 10.5 Å². The molecule has 0 fully saturated rings. The Morgan fingerprint density at radius 3 is 2.81 bits per heavy atom. The van der Waals surface area contributed by atoms with Gasteiger partial charge in [0.1, 0.15) is 17.3 Å². The van der Waals surface area contributed by atoms with Crippen LogP contribution in [0.2, 0.25) is 0 Å². The summed E-state index contributed by atoms with van der Waals surface area (Å²) < 4.78 is 34.7. The SMILES string of the molecule is Cc1c(S(=O)(=O)NC2COc3ccccc32)c(N)nn1C. The van der Waals surface area contributed by atoms with Crippen molar-refractivity contribution in [1.29, 1.82) is 0 Å². The van der Waals surface area contributed by atoms with Crippen molar-refractivity contribution in [2.24, 2.45) is 7.05 Å². The summed E-state index contributed by atoms with van der Waals surface area (Å²) in [5.74, 6) is 0.691. The van der Waals surface area contributed by atoms with Crippen molar-refractivity contribution in [3.63, 3.8) is 0 Å². The third-order valence-corrected chi connectivity index (χ3v) is 5.21. The van der Waals surface area contributed by atoms with E-state index in [1.54, 1.807) is 14.0 Å². The van der Waals surface area contributed by atoms with E-state index in [2.05, 4.69) is 9.82 Å². The van der Waals surface area contributed by atoms with Crippen molar-refractivity contribution in [1.82, 2.24) is 14.5 Å². The van der Waals surface area contributed by atoms with Crippen LogP contribution in [-0.4, -0.2) is 24.8 Å². The van der Waals surface area contributed by atoms with Gasteiger partial charge >= 0.3 is 0 Å². The number of nitrogen functional groups attached to an aromatic ring is 1. The number of aromatic nitrogens is 2. The van der Waals surface area contributed by atoms with Gasteiger partial charge in [-0.25, -0.2) is 8.42 Å². The van der Waals surface area contributed by atoms with Gasteiger partial charge in [-0.2, -0.15) is 9.82 Å². The number of hydrogen-bond donors (Lipinski definition) is 2. The molecule has 0 radical (unpaired) electrons. The Kier molecular flexibility index (Phi) is 3.14. The molecular weight excluding hydrogens is 292 g/mol. The van der Waals surface area contributed by atoms with Crippen molar-refractivity contribution in [3.05, 3.63) is 35.5 Å². The summed E-state index contributed by atoms with van der Waals surface area (Å²) in [6, 6.07) is 6.92. The number of aryl methyl sites for hydroxylation is 1. The Bertz CT molecular complexity index is 798. The normalized spacial score (nSPS) is 17.5. The highest BCUT2D eigenvalue weighted by Gasteiger charge is 2.32. The molecule has 1 aromatic carbocycles. The lowest BCUT2D eigenvalue weighted by atomic mass is 10.1. The summed E-state index contributed by atoms with van der Waals surface area (Å²) in [6.45, 7) is 1.93. The fourth-order valence-corrected chi connectivity index (χ4v) is 3.98. The van der Waals surface area contributed by atoms with Crippen LogP contribution in [0.25, 0.3) is 0 Å². The Balaban J connectivity index is 1.95. The Hall–Kier alpha value is -2.06. The zero-order valence-corrected chi connectivity index (χ0v) is 12.5. The van der Waals surface area contributed by atoms with E-state index in [-0.39, 0.29) is 17.3 Å². The molecule has 8 heteroatoms. The number of hydrogen-bond acceptors (Lipinski definition) is 5. The van der Waals surface area contributed by atoms with Crippen LogP contribution in [0.4, 0.5) is 5.82 Å². The minimum absolute atomic E-state index is 0.00491. The lowest BCUT2D eigenvalue weighted by molar-refractivity contribution is 0.325. The number of benzene rings is 1. The molecule has 0 saturated carbocycles. The predicted molar refractivity (Wildman–Crippen MR) is 77.4 cm³/mol. The third kappa shape index (κ3) is 2.26. The molecule has 2 aromatic rings. The number of para-hydroxylation sites is 1. The van der Waals surface area contributed by atoms with Gasteiger partial charge in [-0.05, 0) is 13.0 Å². The zero-order valence-electron chi connectivity index (χ0n) is 11.7. The molecule has 1 unspecified atom stereocenters. The van der Waals surface area contributed by atoms with E-state index in [9.17, 15) is 8.42 Å². The number of rotatable bonds is 3. The zero-order chi connectivity index (χ0) is 15.2. The number of nitrogens with one attached hydrogen (secondary N) is 1. The first kappa shape index (κ1) is 13.9. The van der Waals surface area contributed by atoms with E-state index in [0.29, 0.717) is 11.4 Å². The summed E-state index contributed by atoms with van der Waals surface area (Å²) in [7, 11) is -2.11. The number of nitrogens with two attached hydrogens (primary N) is 1. The molecule has 1 aromatic heterocycles. The first-order valence-electron chi connectivity index (χ1n) is 6.43. The lowest BCUT2D eigenvalue weighted by Gasteiger charge is -2.12. The van der Waals surface area contributed by atoms with Crippen LogP contribution in [0.15, 0.2) is 29.2 Å². The first-order chi connectivity index (χ1) is 9.90. The second-order valence-corrected chi connectivity index (χ2v) is 6.60. The van der Waals surface area contributed by atoms with Crippen molar-refractivity contribution in [2.75, 3.05) is 12.3 Å². The number of fused-ring (bicyclic) bond motifs is 1. The molecule has 0 saturated heterocycles. The molecule has 1 aliphatic rings. The van der Waals surface area contributed by atoms with Gasteiger partial charge in [-0.3, -0.25) is 4.68 Å². The summed E-state index contributed by atoms with van der Waals surface area (Å²) in [5, 5.41) is 3.94. The molecule has 0 spiro atoms. The van der Waals surface area contributed by atoms with Gasteiger partial charge in [0.2, 0.25) is 10.0 Å². The Morgan fingerprint density at radius 2 is 2.14 bits per heavy atom. The maximum absolute atomic E-state index is 12.6. The van der Waals surface area contributed by atoms with Crippen molar-refractivity contribution in [3.8, 4) is 5.75 Å². The summed E-state index contributed by atoms with van der Waals surface area (Å²) in [6.07, 6.45) is 0. The van der Waals surface area contributed by atoms with Crippen LogP contribution in [-0.2, 0) is 17.1 Å². The molecule has 0 aliphatic carbocycles. The minimum Gasteiger partial charge on any atom is -0.491 e. The fourth-order valence-electron chi connectivity index (χ4n) is 2.45. The molecule has 7 nitrogen and oxygen atoms in total. The monoisotopic (exact) mass is 308 g/mol. The smallest absolute Gasteiger partial charge is 0.246 e. The van der Waals surface area contributed by atoms with E-state index in [4.69, 9.17) is 10.5 Å². The van der Waals surface area contributed by atoms with Crippen LogP contribution in [0.5, 0.6) is 5.75 Å². The average Bonchev–Trinajstić information content (AvgIpc) is 2.92. The Morgan fingerprint density at radius 1 is 1.43 bits per heavy atom. The van der Waals surface area contributed by atoms with Gasteiger partial charge in [0.05, 0.1) is 11.7 Å². The molecule has 2 heterocycles. The van der Waals surface area contributed by atoms with E-state index >= 15 is 0 Å². The molecule has 112 valence electrons. The van der Waals surface area contributed by atoms with E-state index in [1.165, 1.54) is 4.68 Å². The second-order valence-electron chi connectivity index (χ2n) is 4.95. The molecule has 0 amide bonds. The van der Waals surface area contributed by atoms with Gasteiger partial charge in [-0.1, -0.05) is 18.2 Å². The molecule has 21 heavy (non-hydrogen) atoms. The van der Waals surface area contributed by atoms with Crippen molar-refractivity contribution < 1.29 is 13.2 Å². The van der Waals surface area contributed by atoms with Crippen LogP contribution < -0.4 is 15.2 Å². The predicted octanol–water partition coefficient (Wildman–Crippen LogP) is 0.723. The van der Waals surface area contributed by atoms with Gasteiger partial charge in [0, 0.05) is 12.6 Å². The van der Waals surface area contributed by atoms with Gasteiger partial charge in [0.15, 0.2) is 5.82 Å². The van der Waals surface area contributed by atoms with E-state index in [1.807, 2.05) is 24.3 Å². The van der Waals surface area contributed by atoms with Crippen LogP contribution >= 0.6 is 0 Å². The topological polar surface area (TPSA) is 99.2 Å².